The molecule has 0 unspecified atom stereocenters. The predicted molar refractivity (Wildman–Crippen MR) is 31.1 cm³/mol. The van der Waals surface area contributed by atoms with Crippen LogP contribution >= 0.6 is 0 Å². The van der Waals surface area contributed by atoms with E-state index in [-0.39, 0.29) is 5.91 Å². The first-order valence-corrected chi connectivity index (χ1v) is 2.89. The number of rotatable bonds is 2. The van der Waals surface area contributed by atoms with E-state index in [4.69, 9.17) is 0 Å². The van der Waals surface area contributed by atoms with Crippen molar-refractivity contribution in [3.05, 3.63) is 6.42 Å². The molecule has 0 aliphatic heterocycles. The van der Waals surface area contributed by atoms with Gasteiger partial charge in [0.2, 0.25) is 5.91 Å². The maximum atomic E-state index is 10.5. The Kier molecular flexibility index (Phi) is 1.51. The molecule has 1 aliphatic rings. The van der Waals surface area contributed by atoms with Crippen LogP contribution < -0.4 is 5.32 Å². The minimum atomic E-state index is 0.0625. The van der Waals surface area contributed by atoms with Crippen molar-refractivity contribution >= 4 is 5.91 Å². The van der Waals surface area contributed by atoms with Gasteiger partial charge in [-0.15, -0.1) is 0 Å². The first-order chi connectivity index (χ1) is 3.83. The molecule has 8 heavy (non-hydrogen) atoms. The summed E-state index contributed by atoms with van der Waals surface area (Å²) in [5.41, 5.74) is 0. The van der Waals surface area contributed by atoms with Crippen LogP contribution in [0.3, 0.4) is 0 Å². The summed E-state index contributed by atoms with van der Waals surface area (Å²) in [6, 6.07) is 0. The van der Waals surface area contributed by atoms with Crippen LogP contribution in [0.2, 0.25) is 0 Å². The first kappa shape index (κ1) is 5.60. The van der Waals surface area contributed by atoms with E-state index in [2.05, 4.69) is 5.32 Å². The highest BCUT2D eigenvalue weighted by Crippen LogP contribution is 2.31. The monoisotopic (exact) mass is 112 g/mol. The molecule has 0 heterocycles. The quantitative estimate of drug-likeness (QED) is 0.548. The zero-order valence-electron chi connectivity index (χ0n) is 4.98. The van der Waals surface area contributed by atoms with Crippen LogP contribution in [0.4, 0.5) is 0 Å². The average Bonchev–Trinajstić information content (AvgIpc) is 2.50. The average molecular weight is 112 g/mol. The van der Waals surface area contributed by atoms with Gasteiger partial charge in [-0.3, -0.25) is 4.79 Å². The number of carbonyl (C=O) groups excluding carboxylic acids is 1. The van der Waals surface area contributed by atoms with Gasteiger partial charge in [0.15, 0.2) is 0 Å². The molecule has 1 N–H and O–H groups in total. The number of hydrogen-bond acceptors (Lipinski definition) is 1. The fraction of sp³-hybridized carbons (Fsp3) is 0.667. The van der Waals surface area contributed by atoms with Crippen LogP contribution in [0, 0.1) is 12.3 Å². The largest absolute Gasteiger partial charge is 0.359 e. The van der Waals surface area contributed by atoms with Crippen LogP contribution in [0.15, 0.2) is 0 Å². The molecule has 0 aromatic carbocycles. The van der Waals surface area contributed by atoms with Gasteiger partial charge in [-0.1, -0.05) is 0 Å². The highest BCUT2D eigenvalue weighted by Gasteiger charge is 2.23. The van der Waals surface area contributed by atoms with Crippen LogP contribution in [-0.4, -0.2) is 13.0 Å². The van der Waals surface area contributed by atoms with Crippen LogP contribution in [0.25, 0.3) is 0 Å². The summed E-state index contributed by atoms with van der Waals surface area (Å²) in [6.07, 6.45) is 4.15. The third-order valence-electron chi connectivity index (χ3n) is 1.26. The Hall–Kier alpha value is -0.530. The Morgan fingerprint density at radius 3 is 2.75 bits per heavy atom. The molecule has 1 aliphatic carbocycles. The molecule has 1 amide bonds. The van der Waals surface area contributed by atoms with Crippen molar-refractivity contribution in [3.63, 3.8) is 0 Å². The van der Waals surface area contributed by atoms with E-state index in [1.807, 2.05) is 0 Å². The molecule has 0 aromatic rings. The summed E-state index contributed by atoms with van der Waals surface area (Å²) in [6.45, 7) is 0. The molecule has 45 valence electrons. The van der Waals surface area contributed by atoms with Crippen molar-refractivity contribution in [1.29, 1.82) is 0 Å². The minimum Gasteiger partial charge on any atom is -0.359 e. The highest BCUT2D eigenvalue weighted by atomic mass is 16.1. The third-order valence-corrected chi connectivity index (χ3v) is 1.26. The Morgan fingerprint density at radius 2 is 2.38 bits per heavy atom. The zero-order valence-corrected chi connectivity index (χ0v) is 4.98. The van der Waals surface area contributed by atoms with Gasteiger partial charge in [0.1, 0.15) is 0 Å². The summed E-state index contributed by atoms with van der Waals surface area (Å²) in [4.78, 5) is 10.5. The van der Waals surface area contributed by atoms with Gasteiger partial charge in [0.25, 0.3) is 0 Å². The Bertz CT molecular complexity index is 96.7. The van der Waals surface area contributed by atoms with E-state index < -0.39 is 0 Å². The molecule has 0 saturated heterocycles. The van der Waals surface area contributed by atoms with E-state index >= 15 is 0 Å². The number of amides is 1. The van der Waals surface area contributed by atoms with Crippen molar-refractivity contribution in [2.45, 2.75) is 12.8 Å². The van der Waals surface area contributed by atoms with Gasteiger partial charge in [-0.05, 0) is 18.8 Å². The topological polar surface area (TPSA) is 29.1 Å². The van der Waals surface area contributed by atoms with Gasteiger partial charge < -0.3 is 5.32 Å². The molecule has 0 spiro atoms. The van der Waals surface area contributed by atoms with Crippen molar-refractivity contribution < 1.29 is 4.79 Å². The molecule has 0 atom stereocenters. The van der Waals surface area contributed by atoms with E-state index in [1.54, 1.807) is 13.5 Å². The van der Waals surface area contributed by atoms with Crippen LogP contribution in [0.1, 0.15) is 12.8 Å². The molecule has 1 rings (SSSR count). The maximum Gasteiger partial charge on any atom is 0.223 e. The van der Waals surface area contributed by atoms with Crippen molar-refractivity contribution in [2.24, 2.45) is 5.92 Å². The van der Waals surface area contributed by atoms with Gasteiger partial charge in [-0.2, -0.15) is 0 Å². The fourth-order valence-corrected chi connectivity index (χ4v) is 0.560. The second-order valence-corrected chi connectivity index (χ2v) is 2.12. The van der Waals surface area contributed by atoms with Gasteiger partial charge in [-0.25, -0.2) is 0 Å². The number of hydrogen-bond donors (Lipinski definition) is 1. The standard InChI is InChI=1S/C6H10NO/c1-7-6(8)4-5-2-3-5/h4-5H,2-3H2,1H3,(H,7,8). The third kappa shape index (κ3) is 1.52. The molecule has 0 bridgehead atoms. The summed E-state index contributed by atoms with van der Waals surface area (Å²) in [5.74, 6) is 0.655. The second-order valence-electron chi connectivity index (χ2n) is 2.12. The van der Waals surface area contributed by atoms with Crippen LogP contribution in [-0.2, 0) is 4.79 Å². The number of carbonyl (C=O) groups is 1. The molecule has 1 radical (unpaired) electrons. The molecule has 2 heteroatoms. The SMILES string of the molecule is CNC(=O)[CH]C1CC1. The molecule has 1 saturated carbocycles. The van der Waals surface area contributed by atoms with E-state index in [0.717, 1.165) is 0 Å². The minimum absolute atomic E-state index is 0.0625. The lowest BCUT2D eigenvalue weighted by atomic mass is 10.3. The summed E-state index contributed by atoms with van der Waals surface area (Å²) in [7, 11) is 1.65. The Labute approximate surface area is 49.3 Å². The lowest BCUT2D eigenvalue weighted by molar-refractivity contribution is -0.117. The van der Waals surface area contributed by atoms with E-state index in [9.17, 15) is 4.79 Å². The van der Waals surface area contributed by atoms with E-state index in [0.29, 0.717) is 5.92 Å². The summed E-state index contributed by atoms with van der Waals surface area (Å²) in [5, 5.41) is 2.54. The van der Waals surface area contributed by atoms with Gasteiger partial charge in [0, 0.05) is 7.05 Å². The lowest BCUT2D eigenvalue weighted by Gasteiger charge is -1.92. The lowest BCUT2D eigenvalue weighted by Crippen LogP contribution is -2.18. The molecular formula is C6H10NO. The molecule has 1 fully saturated rings. The maximum absolute atomic E-state index is 10.5. The smallest absolute Gasteiger partial charge is 0.223 e. The van der Waals surface area contributed by atoms with Crippen molar-refractivity contribution in [1.82, 2.24) is 5.32 Å². The highest BCUT2D eigenvalue weighted by molar-refractivity contribution is 5.85. The normalized spacial score (nSPS) is 18.1. The van der Waals surface area contributed by atoms with Gasteiger partial charge >= 0.3 is 0 Å². The molecular weight excluding hydrogens is 102 g/mol. The summed E-state index contributed by atoms with van der Waals surface area (Å²) >= 11 is 0. The van der Waals surface area contributed by atoms with Crippen molar-refractivity contribution in [2.75, 3.05) is 7.05 Å². The first-order valence-electron chi connectivity index (χ1n) is 2.89. The molecule has 0 aromatic heterocycles. The second kappa shape index (κ2) is 2.16. The van der Waals surface area contributed by atoms with Gasteiger partial charge in [0.05, 0.1) is 6.42 Å². The molecule has 2 nitrogen and oxygen atoms in total. The summed E-state index contributed by atoms with van der Waals surface area (Å²) < 4.78 is 0. The fourth-order valence-electron chi connectivity index (χ4n) is 0.560. The Morgan fingerprint density at radius 1 is 1.75 bits per heavy atom. The predicted octanol–water partition coefficient (Wildman–Crippen LogP) is 0.347. The van der Waals surface area contributed by atoms with E-state index in [1.165, 1.54) is 12.8 Å². The zero-order chi connectivity index (χ0) is 5.98. The number of nitrogens with one attached hydrogen (secondary N) is 1. The Balaban J connectivity index is 2.07. The van der Waals surface area contributed by atoms with Crippen LogP contribution in [0.5, 0.6) is 0 Å². The van der Waals surface area contributed by atoms with Crippen molar-refractivity contribution in [3.8, 4) is 0 Å².